The summed E-state index contributed by atoms with van der Waals surface area (Å²) in [6.07, 6.45) is 2.25. The van der Waals surface area contributed by atoms with Crippen molar-refractivity contribution >= 4 is 0 Å². The van der Waals surface area contributed by atoms with Crippen LogP contribution >= 0.6 is 0 Å². The highest BCUT2D eigenvalue weighted by Gasteiger charge is 2.31. The molecule has 0 bridgehead atoms. The van der Waals surface area contributed by atoms with Gasteiger partial charge in [0.25, 0.3) is 0 Å². The van der Waals surface area contributed by atoms with Gasteiger partial charge in [-0.1, -0.05) is 20.8 Å². The van der Waals surface area contributed by atoms with Crippen LogP contribution in [0.1, 0.15) is 46.5 Å². The van der Waals surface area contributed by atoms with Crippen LogP contribution in [0.3, 0.4) is 0 Å². The molecule has 5 heteroatoms. The van der Waals surface area contributed by atoms with Gasteiger partial charge in [0.15, 0.2) is 0 Å². The van der Waals surface area contributed by atoms with Crippen molar-refractivity contribution in [3.05, 3.63) is 12.2 Å². The third-order valence-corrected chi connectivity index (χ3v) is 3.05. The molecular weight excluding hydrogens is 228 g/mol. The second-order valence-corrected chi connectivity index (χ2v) is 6.10. The summed E-state index contributed by atoms with van der Waals surface area (Å²) in [6.45, 7) is 10.6. The Balaban J connectivity index is 2.80. The number of methoxy groups -OCH3 is 1. The normalized spacial score (nSPS) is 16.0. The molecule has 18 heavy (non-hydrogen) atoms. The van der Waals surface area contributed by atoms with E-state index < -0.39 is 0 Å². The van der Waals surface area contributed by atoms with Crippen molar-refractivity contribution in [1.29, 1.82) is 0 Å². The van der Waals surface area contributed by atoms with E-state index in [0.717, 1.165) is 5.82 Å². The van der Waals surface area contributed by atoms with Crippen molar-refractivity contribution in [2.45, 2.75) is 59.2 Å². The van der Waals surface area contributed by atoms with Gasteiger partial charge in [0, 0.05) is 25.6 Å². The van der Waals surface area contributed by atoms with E-state index in [1.807, 2.05) is 4.68 Å². The Morgan fingerprint density at radius 2 is 2.00 bits per heavy atom. The van der Waals surface area contributed by atoms with Gasteiger partial charge in [-0.2, -0.15) is 5.10 Å². The molecule has 0 fully saturated rings. The predicted molar refractivity (Wildman–Crippen MR) is 72.3 cm³/mol. The molecule has 0 aliphatic heterocycles. The average Bonchev–Trinajstić information content (AvgIpc) is 2.64. The third kappa shape index (κ3) is 3.53. The van der Waals surface area contributed by atoms with E-state index in [1.54, 1.807) is 13.4 Å². The summed E-state index contributed by atoms with van der Waals surface area (Å²) in [7, 11) is 1.71. The molecule has 2 unspecified atom stereocenters. The molecule has 1 aromatic heterocycles. The monoisotopic (exact) mass is 254 g/mol. The van der Waals surface area contributed by atoms with Crippen molar-refractivity contribution in [1.82, 2.24) is 14.8 Å². The van der Waals surface area contributed by atoms with Crippen LogP contribution in [0.5, 0.6) is 0 Å². The summed E-state index contributed by atoms with van der Waals surface area (Å²) in [6, 6.07) is 0.210. The zero-order valence-corrected chi connectivity index (χ0v) is 12.3. The first kappa shape index (κ1) is 15.1. The Morgan fingerprint density at radius 1 is 1.39 bits per heavy atom. The molecule has 1 heterocycles. The molecule has 0 aliphatic carbocycles. The number of rotatable bonds is 5. The van der Waals surface area contributed by atoms with E-state index in [9.17, 15) is 0 Å². The van der Waals surface area contributed by atoms with Crippen molar-refractivity contribution in [3.63, 3.8) is 0 Å². The number of hydrogen-bond acceptors (Lipinski definition) is 4. The van der Waals surface area contributed by atoms with Gasteiger partial charge < -0.3 is 10.5 Å². The lowest BCUT2D eigenvalue weighted by Crippen LogP contribution is -2.46. The minimum absolute atomic E-state index is 0.00480. The maximum Gasteiger partial charge on any atom is 0.138 e. The molecule has 104 valence electrons. The molecule has 0 aromatic carbocycles. The standard InChI is InChI=1S/C13H26N4O/c1-9(2)17-11(15-8-16-17)7-10(14)12(18-6)13(3,4)5/h8-10,12H,7,14H2,1-6H3. The van der Waals surface area contributed by atoms with Gasteiger partial charge in [-0.05, 0) is 19.3 Å². The van der Waals surface area contributed by atoms with Crippen LogP contribution in [-0.2, 0) is 11.2 Å². The Hall–Kier alpha value is -0.940. The van der Waals surface area contributed by atoms with Gasteiger partial charge >= 0.3 is 0 Å². The fourth-order valence-electron chi connectivity index (χ4n) is 2.34. The lowest BCUT2D eigenvalue weighted by molar-refractivity contribution is -0.00229. The smallest absolute Gasteiger partial charge is 0.138 e. The quantitative estimate of drug-likeness (QED) is 0.870. The Bertz CT molecular complexity index is 367. The van der Waals surface area contributed by atoms with Gasteiger partial charge in [-0.15, -0.1) is 0 Å². The largest absolute Gasteiger partial charge is 0.379 e. The van der Waals surface area contributed by atoms with E-state index in [4.69, 9.17) is 10.5 Å². The molecule has 2 N–H and O–H groups in total. The van der Waals surface area contributed by atoms with Gasteiger partial charge in [-0.3, -0.25) is 0 Å². The van der Waals surface area contributed by atoms with Crippen LogP contribution in [0, 0.1) is 5.41 Å². The average molecular weight is 254 g/mol. The predicted octanol–water partition coefficient (Wildman–Crippen LogP) is 1.79. The molecule has 1 aromatic rings. The first-order chi connectivity index (χ1) is 8.27. The molecular formula is C13H26N4O. The van der Waals surface area contributed by atoms with Crippen LogP contribution in [-0.4, -0.2) is 34.0 Å². The molecule has 1 rings (SSSR count). The molecule has 2 atom stereocenters. The molecule has 0 radical (unpaired) electrons. The first-order valence-electron chi connectivity index (χ1n) is 6.44. The second-order valence-electron chi connectivity index (χ2n) is 6.10. The van der Waals surface area contributed by atoms with Gasteiger partial charge in [0.05, 0.1) is 6.10 Å². The number of nitrogens with zero attached hydrogens (tertiary/aromatic N) is 3. The van der Waals surface area contributed by atoms with Gasteiger partial charge in [-0.25, -0.2) is 9.67 Å². The molecule has 0 saturated heterocycles. The highest BCUT2D eigenvalue weighted by atomic mass is 16.5. The van der Waals surface area contributed by atoms with Gasteiger partial charge in [0.2, 0.25) is 0 Å². The van der Waals surface area contributed by atoms with E-state index in [0.29, 0.717) is 12.5 Å². The minimum atomic E-state index is -0.0864. The molecule has 0 amide bonds. The number of ether oxygens (including phenoxy) is 1. The van der Waals surface area contributed by atoms with Crippen molar-refractivity contribution in [3.8, 4) is 0 Å². The number of aromatic nitrogens is 3. The Labute approximate surface area is 110 Å². The summed E-state index contributed by atoms with van der Waals surface area (Å²) in [5.41, 5.74) is 6.28. The summed E-state index contributed by atoms with van der Waals surface area (Å²) in [5, 5.41) is 4.23. The minimum Gasteiger partial charge on any atom is -0.379 e. The van der Waals surface area contributed by atoms with Crippen molar-refractivity contribution < 1.29 is 4.74 Å². The van der Waals surface area contributed by atoms with Crippen molar-refractivity contribution in [2.24, 2.45) is 11.1 Å². The Kier molecular flexibility index (Phi) is 4.87. The zero-order chi connectivity index (χ0) is 13.9. The third-order valence-electron chi connectivity index (χ3n) is 3.05. The fraction of sp³-hybridized carbons (Fsp3) is 0.846. The topological polar surface area (TPSA) is 66.0 Å². The lowest BCUT2D eigenvalue weighted by atomic mass is 9.83. The Morgan fingerprint density at radius 3 is 2.44 bits per heavy atom. The molecule has 0 saturated carbocycles. The van der Waals surface area contributed by atoms with Crippen LogP contribution in [0.15, 0.2) is 6.33 Å². The molecule has 5 nitrogen and oxygen atoms in total. The van der Waals surface area contributed by atoms with Crippen LogP contribution in [0.2, 0.25) is 0 Å². The summed E-state index contributed by atoms with van der Waals surface area (Å²) in [4.78, 5) is 4.29. The maximum absolute atomic E-state index is 6.27. The van der Waals surface area contributed by atoms with Crippen LogP contribution < -0.4 is 5.73 Å². The second kappa shape index (κ2) is 5.80. The first-order valence-corrected chi connectivity index (χ1v) is 6.44. The fourth-order valence-corrected chi connectivity index (χ4v) is 2.34. The SMILES string of the molecule is COC(C(N)Cc1ncnn1C(C)C)C(C)(C)C. The zero-order valence-electron chi connectivity index (χ0n) is 12.3. The lowest BCUT2D eigenvalue weighted by Gasteiger charge is -2.33. The summed E-state index contributed by atoms with van der Waals surface area (Å²) < 4.78 is 7.46. The highest BCUT2D eigenvalue weighted by Crippen LogP contribution is 2.25. The summed E-state index contributed by atoms with van der Waals surface area (Å²) in [5.74, 6) is 0.920. The van der Waals surface area contributed by atoms with Gasteiger partial charge in [0.1, 0.15) is 12.2 Å². The van der Waals surface area contributed by atoms with E-state index in [1.165, 1.54) is 0 Å². The molecule has 0 aliphatic rings. The number of nitrogens with two attached hydrogens (primary N) is 1. The van der Waals surface area contributed by atoms with E-state index in [-0.39, 0.29) is 17.6 Å². The van der Waals surface area contributed by atoms with E-state index >= 15 is 0 Å². The van der Waals surface area contributed by atoms with E-state index in [2.05, 4.69) is 44.7 Å². The summed E-state index contributed by atoms with van der Waals surface area (Å²) >= 11 is 0. The molecule has 0 spiro atoms. The van der Waals surface area contributed by atoms with Crippen LogP contribution in [0.25, 0.3) is 0 Å². The van der Waals surface area contributed by atoms with Crippen LogP contribution in [0.4, 0.5) is 0 Å². The number of hydrogen-bond donors (Lipinski definition) is 1. The highest BCUT2D eigenvalue weighted by molar-refractivity contribution is 4.95. The van der Waals surface area contributed by atoms with Crippen molar-refractivity contribution in [2.75, 3.05) is 7.11 Å². The maximum atomic E-state index is 6.27.